The zero-order valence-electron chi connectivity index (χ0n) is 22.3. The van der Waals surface area contributed by atoms with E-state index in [1.54, 1.807) is 5.57 Å². The number of aliphatic hydroxyl groups is 1. The monoisotopic (exact) mass is 456 g/mol. The molecule has 0 bridgehead atoms. The Morgan fingerprint density at radius 2 is 1.55 bits per heavy atom. The Kier molecular flexibility index (Phi) is 4.99. The van der Waals surface area contributed by atoms with Crippen molar-refractivity contribution in [1.29, 1.82) is 0 Å². The van der Waals surface area contributed by atoms with E-state index >= 15 is 0 Å². The quantitative estimate of drug-likeness (QED) is 0.409. The SMILES string of the molecule is CC1(C)[C@H]2CC[C@]3(C)[C@H](CC=C4[C@H]5C[C@](C)(C(=O)O)CC[C@]5(C)CC[C@]43C)[C@@]2(C)CC[C@@H]1O. The minimum Gasteiger partial charge on any atom is -0.481 e. The average Bonchev–Trinajstić information content (AvgIpc) is 2.73. The second kappa shape index (κ2) is 6.89. The third-order valence-corrected chi connectivity index (χ3v) is 13.3. The molecule has 3 nitrogen and oxygen atoms in total. The van der Waals surface area contributed by atoms with Crippen LogP contribution < -0.4 is 0 Å². The fourth-order valence-corrected chi connectivity index (χ4v) is 10.5. The van der Waals surface area contributed by atoms with Gasteiger partial charge in [0.25, 0.3) is 0 Å². The van der Waals surface area contributed by atoms with Gasteiger partial charge in [-0.3, -0.25) is 4.79 Å². The highest BCUT2D eigenvalue weighted by molar-refractivity contribution is 5.74. The van der Waals surface area contributed by atoms with Gasteiger partial charge in [-0.05, 0) is 116 Å². The van der Waals surface area contributed by atoms with Crippen molar-refractivity contribution in [2.45, 2.75) is 119 Å². The molecule has 4 saturated carbocycles. The fourth-order valence-electron chi connectivity index (χ4n) is 10.5. The van der Waals surface area contributed by atoms with Crippen LogP contribution in [0, 0.1) is 50.2 Å². The van der Waals surface area contributed by atoms with Crippen molar-refractivity contribution in [2.75, 3.05) is 0 Å². The summed E-state index contributed by atoms with van der Waals surface area (Å²) in [6.07, 6.45) is 13.2. The Labute approximate surface area is 201 Å². The number of hydrogen-bond donors (Lipinski definition) is 2. The van der Waals surface area contributed by atoms with Crippen LogP contribution in [0.3, 0.4) is 0 Å². The van der Waals surface area contributed by atoms with Crippen molar-refractivity contribution >= 4 is 5.97 Å². The number of carbonyl (C=O) groups is 1. The second-order valence-corrected chi connectivity index (χ2v) is 14.9. The molecule has 0 aromatic heterocycles. The standard InChI is InChI=1S/C30H48O3/c1-25(2)21-10-13-30(7)22(28(21,5)12-11-23(25)31)9-8-19-20-18-27(4,24(32)33)15-14-26(20,3)16-17-29(19,30)6/h8,20-23,31H,9-18H2,1-7H3,(H,32,33)/t20-,21-,22-,23+,26-,27-,28+,29-,30-/m1/s1. The van der Waals surface area contributed by atoms with Gasteiger partial charge in [0.2, 0.25) is 0 Å². The van der Waals surface area contributed by atoms with E-state index in [1.165, 1.54) is 25.7 Å². The molecule has 0 radical (unpaired) electrons. The van der Waals surface area contributed by atoms with Gasteiger partial charge in [-0.1, -0.05) is 53.2 Å². The summed E-state index contributed by atoms with van der Waals surface area (Å²) in [6, 6.07) is 0. The van der Waals surface area contributed by atoms with Gasteiger partial charge in [0.05, 0.1) is 11.5 Å². The Balaban J connectivity index is 1.57. The summed E-state index contributed by atoms with van der Waals surface area (Å²) < 4.78 is 0. The van der Waals surface area contributed by atoms with Crippen LogP contribution in [-0.4, -0.2) is 22.3 Å². The van der Waals surface area contributed by atoms with Crippen molar-refractivity contribution in [2.24, 2.45) is 50.2 Å². The maximum atomic E-state index is 12.2. The third-order valence-electron chi connectivity index (χ3n) is 13.3. The lowest BCUT2D eigenvalue weighted by Gasteiger charge is -2.71. The fraction of sp³-hybridized carbons (Fsp3) is 0.900. The number of aliphatic hydroxyl groups excluding tert-OH is 1. The predicted molar refractivity (Wildman–Crippen MR) is 133 cm³/mol. The second-order valence-electron chi connectivity index (χ2n) is 14.9. The van der Waals surface area contributed by atoms with Crippen LogP contribution in [0.2, 0.25) is 0 Å². The summed E-state index contributed by atoms with van der Waals surface area (Å²) in [5.41, 5.74) is 1.94. The van der Waals surface area contributed by atoms with Crippen molar-refractivity contribution < 1.29 is 15.0 Å². The molecule has 5 rings (SSSR count). The van der Waals surface area contributed by atoms with Crippen molar-refractivity contribution in [3.63, 3.8) is 0 Å². The number of allylic oxidation sites excluding steroid dienone is 2. The van der Waals surface area contributed by atoms with E-state index in [0.29, 0.717) is 17.8 Å². The van der Waals surface area contributed by atoms with Gasteiger partial charge in [0.1, 0.15) is 0 Å². The van der Waals surface area contributed by atoms with E-state index < -0.39 is 11.4 Å². The van der Waals surface area contributed by atoms with Gasteiger partial charge in [-0.2, -0.15) is 0 Å². The van der Waals surface area contributed by atoms with E-state index in [4.69, 9.17) is 0 Å². The molecule has 0 heterocycles. The van der Waals surface area contributed by atoms with Crippen LogP contribution in [0.25, 0.3) is 0 Å². The van der Waals surface area contributed by atoms with Crippen molar-refractivity contribution in [1.82, 2.24) is 0 Å². The molecule has 0 unspecified atom stereocenters. The summed E-state index contributed by atoms with van der Waals surface area (Å²) >= 11 is 0. The van der Waals surface area contributed by atoms with Crippen LogP contribution in [-0.2, 0) is 4.79 Å². The molecule has 5 aliphatic rings. The Bertz CT molecular complexity index is 889. The Morgan fingerprint density at radius 1 is 0.879 bits per heavy atom. The molecule has 4 fully saturated rings. The predicted octanol–water partition coefficient (Wildman–Crippen LogP) is 7.23. The van der Waals surface area contributed by atoms with Gasteiger partial charge in [0, 0.05) is 0 Å². The van der Waals surface area contributed by atoms with Crippen LogP contribution in [0.1, 0.15) is 113 Å². The van der Waals surface area contributed by atoms with E-state index in [9.17, 15) is 15.0 Å². The van der Waals surface area contributed by atoms with Gasteiger partial charge in [-0.15, -0.1) is 0 Å². The van der Waals surface area contributed by atoms with Gasteiger partial charge in [0.15, 0.2) is 0 Å². The summed E-state index contributed by atoms with van der Waals surface area (Å²) in [7, 11) is 0. The highest BCUT2D eigenvalue weighted by atomic mass is 16.4. The zero-order chi connectivity index (χ0) is 24.2. The molecule has 33 heavy (non-hydrogen) atoms. The molecule has 0 aliphatic heterocycles. The molecular formula is C30H48O3. The van der Waals surface area contributed by atoms with E-state index in [1.807, 2.05) is 6.92 Å². The van der Waals surface area contributed by atoms with Gasteiger partial charge < -0.3 is 10.2 Å². The maximum absolute atomic E-state index is 12.2. The largest absolute Gasteiger partial charge is 0.481 e. The lowest BCUT2D eigenvalue weighted by atomic mass is 9.33. The highest BCUT2D eigenvalue weighted by Gasteiger charge is 2.68. The van der Waals surface area contributed by atoms with Crippen molar-refractivity contribution in [3.8, 4) is 0 Å². The molecule has 186 valence electrons. The van der Waals surface area contributed by atoms with Crippen LogP contribution in [0.15, 0.2) is 11.6 Å². The summed E-state index contributed by atoms with van der Waals surface area (Å²) in [4.78, 5) is 12.2. The number of rotatable bonds is 1. The molecule has 9 atom stereocenters. The van der Waals surface area contributed by atoms with E-state index in [2.05, 4.69) is 47.6 Å². The highest BCUT2D eigenvalue weighted by Crippen LogP contribution is 2.75. The first kappa shape index (κ1) is 23.9. The zero-order valence-corrected chi connectivity index (χ0v) is 22.3. The smallest absolute Gasteiger partial charge is 0.309 e. The van der Waals surface area contributed by atoms with Crippen LogP contribution >= 0.6 is 0 Å². The molecule has 0 aromatic rings. The molecule has 3 heteroatoms. The normalized spacial score (nSPS) is 55.3. The third kappa shape index (κ3) is 2.87. The number of fused-ring (bicyclic) bond motifs is 7. The lowest BCUT2D eigenvalue weighted by Crippen LogP contribution is -2.64. The van der Waals surface area contributed by atoms with Gasteiger partial charge in [-0.25, -0.2) is 0 Å². The number of aliphatic carboxylic acids is 1. The van der Waals surface area contributed by atoms with Crippen LogP contribution in [0.4, 0.5) is 0 Å². The average molecular weight is 457 g/mol. The first-order valence-corrected chi connectivity index (χ1v) is 13.8. The summed E-state index contributed by atoms with van der Waals surface area (Å²) in [5, 5.41) is 20.9. The van der Waals surface area contributed by atoms with Crippen molar-refractivity contribution in [3.05, 3.63) is 11.6 Å². The lowest BCUT2D eigenvalue weighted by molar-refractivity contribution is -0.203. The Morgan fingerprint density at radius 3 is 2.21 bits per heavy atom. The molecule has 2 N–H and O–H groups in total. The minimum absolute atomic E-state index is 0.0168. The van der Waals surface area contributed by atoms with E-state index in [-0.39, 0.29) is 33.2 Å². The van der Waals surface area contributed by atoms with Gasteiger partial charge >= 0.3 is 5.97 Å². The molecule has 5 aliphatic carbocycles. The Hall–Kier alpha value is -0.830. The number of hydrogen-bond acceptors (Lipinski definition) is 2. The summed E-state index contributed by atoms with van der Waals surface area (Å²) in [6.45, 7) is 16.8. The molecule has 0 aromatic carbocycles. The topological polar surface area (TPSA) is 57.5 Å². The minimum atomic E-state index is -0.603. The first-order valence-electron chi connectivity index (χ1n) is 13.8. The van der Waals surface area contributed by atoms with E-state index in [0.717, 1.165) is 38.5 Å². The first-order chi connectivity index (χ1) is 15.1. The maximum Gasteiger partial charge on any atom is 0.309 e. The van der Waals surface area contributed by atoms with Crippen LogP contribution in [0.5, 0.6) is 0 Å². The number of carboxylic acids is 1. The molecular weight excluding hydrogens is 408 g/mol. The molecule has 0 saturated heterocycles. The molecule has 0 amide bonds. The number of carboxylic acid groups (broad SMARTS) is 1. The summed E-state index contributed by atoms with van der Waals surface area (Å²) in [5.74, 6) is 1.01. The molecule has 0 spiro atoms.